The first kappa shape index (κ1) is 17.7. The molecule has 1 saturated heterocycles. The van der Waals surface area contributed by atoms with Crippen LogP contribution in [0.3, 0.4) is 0 Å². The standard InChI is InChI=1S/C19H15F3N2O3/c20-19(21,22)14-7-5-12(6-8-14)9-13-3-1-2-4-15(13)16-23-24-17(27-16)18(25)10-26-11-18/h1-8,25H,9-11H2. The monoisotopic (exact) mass is 376 g/mol. The van der Waals surface area contributed by atoms with Crippen LogP contribution in [0.2, 0.25) is 0 Å². The van der Waals surface area contributed by atoms with Gasteiger partial charge in [-0.05, 0) is 35.7 Å². The van der Waals surface area contributed by atoms with E-state index in [-0.39, 0.29) is 25.0 Å². The molecular weight excluding hydrogens is 361 g/mol. The Labute approximate surface area is 152 Å². The summed E-state index contributed by atoms with van der Waals surface area (Å²) in [6.07, 6.45) is -3.96. The predicted octanol–water partition coefficient (Wildman–Crippen LogP) is 3.56. The highest BCUT2D eigenvalue weighted by molar-refractivity contribution is 5.59. The fourth-order valence-electron chi connectivity index (χ4n) is 2.85. The molecule has 1 fully saturated rings. The van der Waals surface area contributed by atoms with Crippen LogP contribution >= 0.6 is 0 Å². The predicted molar refractivity (Wildman–Crippen MR) is 88.7 cm³/mol. The third-order valence-electron chi connectivity index (χ3n) is 4.43. The Morgan fingerprint density at radius 3 is 2.33 bits per heavy atom. The first-order chi connectivity index (χ1) is 12.9. The zero-order chi connectivity index (χ0) is 19.1. The Kier molecular flexibility index (Phi) is 4.24. The highest BCUT2D eigenvalue weighted by Gasteiger charge is 2.43. The second kappa shape index (κ2) is 6.47. The maximum atomic E-state index is 12.7. The molecule has 2 aromatic carbocycles. The van der Waals surface area contributed by atoms with Crippen LogP contribution in [0.4, 0.5) is 13.2 Å². The molecule has 0 unspecified atom stereocenters. The number of benzene rings is 2. The van der Waals surface area contributed by atoms with E-state index in [1.165, 1.54) is 12.1 Å². The minimum atomic E-state index is -4.36. The smallest absolute Gasteiger partial charge is 0.416 e. The van der Waals surface area contributed by atoms with Gasteiger partial charge in [-0.15, -0.1) is 10.2 Å². The lowest BCUT2D eigenvalue weighted by Gasteiger charge is -2.32. The van der Waals surface area contributed by atoms with Gasteiger partial charge in [-0.3, -0.25) is 0 Å². The van der Waals surface area contributed by atoms with Gasteiger partial charge in [-0.1, -0.05) is 30.3 Å². The van der Waals surface area contributed by atoms with Crippen LogP contribution in [0.25, 0.3) is 11.5 Å². The molecule has 0 atom stereocenters. The molecule has 0 saturated carbocycles. The van der Waals surface area contributed by atoms with Crippen molar-refractivity contribution in [1.82, 2.24) is 10.2 Å². The zero-order valence-electron chi connectivity index (χ0n) is 14.0. The topological polar surface area (TPSA) is 68.4 Å². The minimum Gasteiger partial charge on any atom is -0.417 e. The molecule has 0 aliphatic carbocycles. The molecule has 1 aliphatic heterocycles. The van der Waals surface area contributed by atoms with Gasteiger partial charge in [0.1, 0.15) is 0 Å². The first-order valence-corrected chi connectivity index (χ1v) is 8.24. The van der Waals surface area contributed by atoms with Gasteiger partial charge in [0.05, 0.1) is 18.8 Å². The van der Waals surface area contributed by atoms with Crippen LogP contribution in [0.1, 0.15) is 22.6 Å². The van der Waals surface area contributed by atoms with Crippen LogP contribution in [0.5, 0.6) is 0 Å². The summed E-state index contributed by atoms with van der Waals surface area (Å²) in [4.78, 5) is 0. The average molecular weight is 376 g/mol. The quantitative estimate of drug-likeness (QED) is 0.754. The van der Waals surface area contributed by atoms with Crippen molar-refractivity contribution in [1.29, 1.82) is 0 Å². The molecule has 1 aliphatic rings. The Balaban J connectivity index is 1.60. The molecule has 0 spiro atoms. The summed E-state index contributed by atoms with van der Waals surface area (Å²) in [6.45, 7) is 0.198. The fourth-order valence-corrected chi connectivity index (χ4v) is 2.85. The Hall–Kier alpha value is -2.71. The van der Waals surface area contributed by atoms with Gasteiger partial charge in [0, 0.05) is 5.56 Å². The zero-order valence-corrected chi connectivity index (χ0v) is 14.0. The van der Waals surface area contributed by atoms with Crippen LogP contribution in [-0.2, 0) is 22.9 Å². The van der Waals surface area contributed by atoms with Crippen molar-refractivity contribution >= 4 is 0 Å². The largest absolute Gasteiger partial charge is 0.417 e. The number of hydrogen-bond donors (Lipinski definition) is 1. The first-order valence-electron chi connectivity index (χ1n) is 8.24. The molecule has 0 bridgehead atoms. The molecule has 5 nitrogen and oxygen atoms in total. The summed E-state index contributed by atoms with van der Waals surface area (Å²) < 4.78 is 48.7. The van der Waals surface area contributed by atoms with Gasteiger partial charge in [-0.25, -0.2) is 0 Å². The van der Waals surface area contributed by atoms with E-state index in [4.69, 9.17) is 9.15 Å². The second-order valence-electron chi connectivity index (χ2n) is 6.47. The van der Waals surface area contributed by atoms with Crippen molar-refractivity contribution in [3.05, 3.63) is 71.1 Å². The summed E-state index contributed by atoms with van der Waals surface area (Å²) >= 11 is 0. The summed E-state index contributed by atoms with van der Waals surface area (Å²) in [5.74, 6) is 0.334. The van der Waals surface area contributed by atoms with Crippen molar-refractivity contribution in [2.45, 2.75) is 18.2 Å². The molecule has 2 heterocycles. The minimum absolute atomic E-state index is 0.0908. The number of ether oxygens (including phenoxy) is 1. The molecule has 1 aromatic heterocycles. The molecule has 4 rings (SSSR count). The number of halogens is 3. The highest BCUT2D eigenvalue weighted by atomic mass is 19.4. The maximum absolute atomic E-state index is 12.7. The fraction of sp³-hybridized carbons (Fsp3) is 0.263. The van der Waals surface area contributed by atoms with E-state index >= 15 is 0 Å². The third-order valence-corrected chi connectivity index (χ3v) is 4.43. The lowest BCUT2D eigenvalue weighted by molar-refractivity contribution is -0.196. The molecule has 3 aromatic rings. The lowest BCUT2D eigenvalue weighted by atomic mass is 9.99. The average Bonchev–Trinajstić information content (AvgIpc) is 3.10. The van der Waals surface area contributed by atoms with Crippen molar-refractivity contribution < 1.29 is 27.4 Å². The van der Waals surface area contributed by atoms with Crippen molar-refractivity contribution in [2.24, 2.45) is 0 Å². The van der Waals surface area contributed by atoms with Gasteiger partial charge in [0.25, 0.3) is 5.89 Å². The third kappa shape index (κ3) is 3.45. The molecule has 1 N–H and O–H groups in total. The van der Waals surface area contributed by atoms with Gasteiger partial charge in [0.15, 0.2) is 5.60 Å². The number of aromatic nitrogens is 2. The van der Waals surface area contributed by atoms with Crippen molar-refractivity contribution in [2.75, 3.05) is 13.2 Å². The van der Waals surface area contributed by atoms with E-state index in [1.54, 1.807) is 12.1 Å². The van der Waals surface area contributed by atoms with E-state index in [0.717, 1.165) is 23.3 Å². The Morgan fingerprint density at radius 2 is 1.70 bits per heavy atom. The van der Waals surface area contributed by atoms with E-state index in [0.29, 0.717) is 12.0 Å². The Morgan fingerprint density at radius 1 is 1.00 bits per heavy atom. The van der Waals surface area contributed by atoms with Crippen LogP contribution in [0, 0.1) is 0 Å². The lowest BCUT2D eigenvalue weighted by Crippen LogP contribution is -2.46. The number of alkyl halides is 3. The van der Waals surface area contributed by atoms with Crippen molar-refractivity contribution in [3.8, 4) is 11.5 Å². The number of rotatable bonds is 4. The van der Waals surface area contributed by atoms with E-state index in [2.05, 4.69) is 10.2 Å². The van der Waals surface area contributed by atoms with Gasteiger partial charge in [0.2, 0.25) is 5.89 Å². The summed E-state index contributed by atoms with van der Waals surface area (Å²) in [7, 11) is 0. The molecule has 8 heteroatoms. The Bertz CT molecular complexity index is 947. The number of nitrogens with zero attached hydrogens (tertiary/aromatic N) is 2. The molecule has 27 heavy (non-hydrogen) atoms. The molecular formula is C19H15F3N2O3. The summed E-state index contributed by atoms with van der Waals surface area (Å²) in [6, 6.07) is 12.3. The van der Waals surface area contributed by atoms with E-state index < -0.39 is 17.3 Å². The van der Waals surface area contributed by atoms with E-state index in [1.807, 2.05) is 12.1 Å². The van der Waals surface area contributed by atoms with Crippen LogP contribution in [0.15, 0.2) is 52.9 Å². The highest BCUT2D eigenvalue weighted by Crippen LogP contribution is 2.32. The molecule has 140 valence electrons. The van der Waals surface area contributed by atoms with Gasteiger partial charge in [-0.2, -0.15) is 13.2 Å². The van der Waals surface area contributed by atoms with Gasteiger partial charge >= 0.3 is 6.18 Å². The second-order valence-corrected chi connectivity index (χ2v) is 6.47. The van der Waals surface area contributed by atoms with Crippen LogP contribution in [-0.4, -0.2) is 28.5 Å². The number of aliphatic hydroxyl groups is 1. The van der Waals surface area contributed by atoms with Crippen molar-refractivity contribution in [3.63, 3.8) is 0 Å². The number of hydrogen-bond acceptors (Lipinski definition) is 5. The summed E-state index contributed by atoms with van der Waals surface area (Å²) in [5, 5.41) is 18.1. The SMILES string of the molecule is OC1(c2nnc(-c3ccccc3Cc3ccc(C(F)(F)F)cc3)o2)COC1. The molecule has 0 radical (unpaired) electrons. The maximum Gasteiger partial charge on any atom is 0.416 e. The summed E-state index contributed by atoms with van der Waals surface area (Å²) in [5.41, 5.74) is 0.274. The van der Waals surface area contributed by atoms with Crippen LogP contribution < -0.4 is 0 Å². The normalized spacial score (nSPS) is 16.1. The van der Waals surface area contributed by atoms with Gasteiger partial charge < -0.3 is 14.3 Å². The van der Waals surface area contributed by atoms with E-state index in [9.17, 15) is 18.3 Å². The molecule has 0 amide bonds.